The predicted molar refractivity (Wildman–Crippen MR) is 100 cm³/mol. The number of aromatic hydroxyl groups is 1. The molecule has 146 valence electrons. The minimum Gasteiger partial charge on any atom is -0.508 e. The number of hydrogen-bond donors (Lipinski definition) is 1. The highest BCUT2D eigenvalue weighted by atomic mass is 32.2. The molecule has 1 amide bonds. The molecular weight excluding hydrogens is 371 g/mol. The fraction of sp³-hybridized carbons (Fsp3) is 0.316. The SMILES string of the molecule is CN(Cc1cccc(O)c1)C(=O)CCCN(C)S(=O)(=O)c1ccc(F)cc1. The van der Waals surface area contributed by atoms with Gasteiger partial charge in [-0.3, -0.25) is 4.79 Å². The van der Waals surface area contributed by atoms with Crippen LogP contribution in [0, 0.1) is 5.82 Å². The van der Waals surface area contributed by atoms with Crippen LogP contribution in [0.1, 0.15) is 18.4 Å². The minimum atomic E-state index is -3.71. The third kappa shape index (κ3) is 5.77. The number of carbonyl (C=O) groups is 1. The topological polar surface area (TPSA) is 77.9 Å². The maximum absolute atomic E-state index is 13.0. The molecule has 6 nitrogen and oxygen atoms in total. The van der Waals surface area contributed by atoms with Gasteiger partial charge < -0.3 is 10.0 Å². The van der Waals surface area contributed by atoms with E-state index in [4.69, 9.17) is 0 Å². The van der Waals surface area contributed by atoms with Gasteiger partial charge in [-0.15, -0.1) is 0 Å². The number of carbonyl (C=O) groups excluding carboxylic acids is 1. The van der Waals surface area contributed by atoms with Crippen molar-refractivity contribution in [1.29, 1.82) is 0 Å². The van der Waals surface area contributed by atoms with E-state index in [1.54, 1.807) is 25.2 Å². The molecule has 2 aromatic carbocycles. The number of rotatable bonds is 8. The summed E-state index contributed by atoms with van der Waals surface area (Å²) in [6.45, 7) is 0.530. The molecule has 27 heavy (non-hydrogen) atoms. The van der Waals surface area contributed by atoms with Gasteiger partial charge in [0, 0.05) is 33.6 Å². The van der Waals surface area contributed by atoms with Crippen LogP contribution in [0.2, 0.25) is 0 Å². The molecule has 8 heteroatoms. The van der Waals surface area contributed by atoms with Gasteiger partial charge in [0.15, 0.2) is 0 Å². The van der Waals surface area contributed by atoms with Crippen LogP contribution in [0.4, 0.5) is 4.39 Å². The van der Waals surface area contributed by atoms with E-state index in [0.29, 0.717) is 13.0 Å². The van der Waals surface area contributed by atoms with E-state index < -0.39 is 15.8 Å². The maximum Gasteiger partial charge on any atom is 0.242 e. The van der Waals surface area contributed by atoms with Crippen LogP contribution in [0.3, 0.4) is 0 Å². The Kier molecular flexibility index (Phi) is 6.92. The highest BCUT2D eigenvalue weighted by molar-refractivity contribution is 7.89. The van der Waals surface area contributed by atoms with E-state index in [-0.39, 0.29) is 29.5 Å². The number of amides is 1. The molecule has 0 atom stereocenters. The summed E-state index contributed by atoms with van der Waals surface area (Å²) in [6.07, 6.45) is 0.554. The number of phenolic OH excluding ortho intramolecular Hbond substituents is 1. The summed E-state index contributed by atoms with van der Waals surface area (Å²) in [5.74, 6) is -0.483. The lowest BCUT2D eigenvalue weighted by Gasteiger charge is -2.19. The second kappa shape index (κ2) is 8.96. The van der Waals surface area contributed by atoms with Crippen LogP contribution in [0.25, 0.3) is 0 Å². The first-order valence-electron chi connectivity index (χ1n) is 8.44. The number of benzene rings is 2. The highest BCUT2D eigenvalue weighted by Gasteiger charge is 2.21. The van der Waals surface area contributed by atoms with Crippen molar-refractivity contribution in [3.8, 4) is 5.75 Å². The van der Waals surface area contributed by atoms with E-state index in [9.17, 15) is 22.7 Å². The fourth-order valence-corrected chi connectivity index (χ4v) is 3.78. The lowest BCUT2D eigenvalue weighted by molar-refractivity contribution is -0.130. The largest absolute Gasteiger partial charge is 0.508 e. The van der Waals surface area contributed by atoms with Gasteiger partial charge in [-0.05, 0) is 48.4 Å². The summed E-state index contributed by atoms with van der Waals surface area (Å²) in [5.41, 5.74) is 0.807. The van der Waals surface area contributed by atoms with E-state index in [2.05, 4.69) is 0 Å². The molecule has 0 heterocycles. The predicted octanol–water partition coefficient (Wildman–Crippen LogP) is 2.59. The Morgan fingerprint density at radius 3 is 2.41 bits per heavy atom. The highest BCUT2D eigenvalue weighted by Crippen LogP contribution is 2.16. The first kappa shape index (κ1) is 20.9. The Balaban J connectivity index is 1.85. The van der Waals surface area contributed by atoms with Crippen molar-refractivity contribution >= 4 is 15.9 Å². The van der Waals surface area contributed by atoms with Crippen LogP contribution in [-0.2, 0) is 21.4 Å². The van der Waals surface area contributed by atoms with Crippen LogP contribution >= 0.6 is 0 Å². The molecule has 0 aliphatic rings. The molecule has 2 rings (SSSR count). The molecule has 0 fully saturated rings. The van der Waals surface area contributed by atoms with E-state index >= 15 is 0 Å². The van der Waals surface area contributed by atoms with E-state index in [0.717, 1.165) is 22.0 Å². The molecule has 0 unspecified atom stereocenters. The van der Waals surface area contributed by atoms with Crippen molar-refractivity contribution in [3.63, 3.8) is 0 Å². The van der Waals surface area contributed by atoms with Crippen molar-refractivity contribution in [2.24, 2.45) is 0 Å². The minimum absolute atomic E-state index is 0.0127. The Labute approximate surface area is 158 Å². The van der Waals surface area contributed by atoms with Gasteiger partial charge >= 0.3 is 0 Å². The molecule has 0 saturated heterocycles. The number of sulfonamides is 1. The zero-order chi connectivity index (χ0) is 20.0. The van der Waals surface area contributed by atoms with Crippen LogP contribution in [0.15, 0.2) is 53.4 Å². The van der Waals surface area contributed by atoms with Crippen molar-refractivity contribution < 1.29 is 22.7 Å². The Morgan fingerprint density at radius 2 is 1.78 bits per heavy atom. The van der Waals surface area contributed by atoms with Gasteiger partial charge in [0.25, 0.3) is 0 Å². The summed E-state index contributed by atoms with van der Waals surface area (Å²) < 4.78 is 38.9. The normalized spacial score (nSPS) is 11.6. The fourth-order valence-electron chi connectivity index (χ4n) is 2.57. The monoisotopic (exact) mass is 394 g/mol. The molecule has 0 aromatic heterocycles. The molecule has 0 aliphatic heterocycles. The summed E-state index contributed by atoms with van der Waals surface area (Å²) in [4.78, 5) is 13.8. The summed E-state index contributed by atoms with van der Waals surface area (Å²) in [5, 5.41) is 9.47. The summed E-state index contributed by atoms with van der Waals surface area (Å²) >= 11 is 0. The van der Waals surface area contributed by atoms with Crippen molar-refractivity contribution in [2.75, 3.05) is 20.6 Å². The van der Waals surface area contributed by atoms with E-state index in [1.165, 1.54) is 24.1 Å². The lowest BCUT2D eigenvalue weighted by atomic mass is 10.2. The molecule has 1 N–H and O–H groups in total. The quantitative estimate of drug-likeness (QED) is 0.747. The Hall–Kier alpha value is -2.45. The Morgan fingerprint density at radius 1 is 1.11 bits per heavy atom. The third-order valence-electron chi connectivity index (χ3n) is 4.14. The van der Waals surface area contributed by atoms with Gasteiger partial charge in [0.1, 0.15) is 11.6 Å². The smallest absolute Gasteiger partial charge is 0.242 e. The van der Waals surface area contributed by atoms with Gasteiger partial charge in [0.05, 0.1) is 4.90 Å². The number of nitrogens with zero attached hydrogens (tertiary/aromatic N) is 2. The zero-order valence-corrected chi connectivity index (χ0v) is 16.1. The zero-order valence-electron chi connectivity index (χ0n) is 15.3. The van der Waals surface area contributed by atoms with Crippen molar-refractivity contribution in [3.05, 3.63) is 59.9 Å². The molecule has 0 aliphatic carbocycles. The first-order chi connectivity index (χ1) is 12.7. The third-order valence-corrected chi connectivity index (χ3v) is 6.01. The van der Waals surface area contributed by atoms with Crippen LogP contribution < -0.4 is 0 Å². The number of halogens is 1. The van der Waals surface area contributed by atoms with Crippen molar-refractivity contribution in [1.82, 2.24) is 9.21 Å². The first-order valence-corrected chi connectivity index (χ1v) is 9.88. The van der Waals surface area contributed by atoms with Crippen LogP contribution in [-0.4, -0.2) is 49.3 Å². The van der Waals surface area contributed by atoms with Crippen LogP contribution in [0.5, 0.6) is 5.75 Å². The molecule has 0 radical (unpaired) electrons. The molecule has 2 aromatic rings. The number of hydrogen-bond acceptors (Lipinski definition) is 4. The lowest BCUT2D eigenvalue weighted by Crippen LogP contribution is -2.30. The molecular formula is C19H23FN2O4S. The van der Waals surface area contributed by atoms with Gasteiger partial charge in [0.2, 0.25) is 15.9 Å². The van der Waals surface area contributed by atoms with E-state index in [1.807, 2.05) is 6.07 Å². The average molecular weight is 394 g/mol. The van der Waals surface area contributed by atoms with Gasteiger partial charge in [-0.25, -0.2) is 17.1 Å². The summed E-state index contributed by atoms with van der Waals surface area (Å²) in [7, 11) is -0.625. The molecule has 0 spiro atoms. The van der Waals surface area contributed by atoms with Gasteiger partial charge in [-0.1, -0.05) is 12.1 Å². The second-order valence-corrected chi connectivity index (χ2v) is 8.35. The second-order valence-electron chi connectivity index (χ2n) is 6.30. The standard InChI is InChI=1S/C19H23FN2O4S/c1-21(14-15-5-3-6-17(23)13-15)19(24)7-4-12-22(2)27(25,26)18-10-8-16(20)9-11-18/h3,5-6,8-11,13,23H,4,7,12,14H2,1-2H3. The summed E-state index contributed by atoms with van der Waals surface area (Å²) in [6, 6.07) is 11.3. The Bertz CT molecular complexity index is 885. The molecule has 0 bridgehead atoms. The van der Waals surface area contributed by atoms with Gasteiger partial charge in [-0.2, -0.15) is 0 Å². The average Bonchev–Trinajstić information content (AvgIpc) is 2.61. The maximum atomic E-state index is 13.0. The van der Waals surface area contributed by atoms with Crippen molar-refractivity contribution in [2.45, 2.75) is 24.3 Å². The molecule has 0 saturated carbocycles. The number of phenols is 1.